The second-order valence-electron chi connectivity index (χ2n) is 9.94. The molecule has 0 saturated heterocycles. The average molecular weight is 478 g/mol. The van der Waals surface area contributed by atoms with Gasteiger partial charge in [0.25, 0.3) is 0 Å². The minimum absolute atomic E-state index is 0.0182. The molecule has 3 N–H and O–H groups in total. The van der Waals surface area contributed by atoms with Crippen molar-refractivity contribution in [3.63, 3.8) is 0 Å². The van der Waals surface area contributed by atoms with Gasteiger partial charge in [-0.25, -0.2) is 4.79 Å². The lowest BCUT2D eigenvalue weighted by Gasteiger charge is -2.33. The summed E-state index contributed by atoms with van der Waals surface area (Å²) in [5.74, 6) is -0.823. The Morgan fingerprint density at radius 3 is 2.32 bits per heavy atom. The van der Waals surface area contributed by atoms with Gasteiger partial charge in [-0.15, -0.1) is 0 Å². The van der Waals surface area contributed by atoms with Crippen LogP contribution in [0.2, 0.25) is 0 Å². The van der Waals surface area contributed by atoms with E-state index in [0.29, 0.717) is 24.1 Å². The molecular weight excluding hydrogens is 434 g/mol. The van der Waals surface area contributed by atoms with Crippen LogP contribution in [0.4, 0.5) is 4.79 Å². The van der Waals surface area contributed by atoms with Crippen molar-refractivity contribution in [1.29, 1.82) is 0 Å². The Morgan fingerprint density at radius 2 is 1.74 bits per heavy atom. The summed E-state index contributed by atoms with van der Waals surface area (Å²) in [6.07, 6.45) is 4.15. The highest BCUT2D eigenvalue weighted by atomic mass is 16.6. The van der Waals surface area contributed by atoms with Gasteiger partial charge >= 0.3 is 6.09 Å². The normalized spacial score (nSPS) is 12.2. The van der Waals surface area contributed by atoms with E-state index in [1.54, 1.807) is 45.9 Å². The number of ether oxygens (including phenoxy) is 1. The molecule has 0 spiro atoms. The van der Waals surface area contributed by atoms with Crippen molar-refractivity contribution < 1.29 is 24.2 Å². The third kappa shape index (κ3) is 10.0. The molecule has 0 aliphatic heterocycles. The minimum Gasteiger partial charge on any atom is -0.507 e. The molecule has 1 aromatic rings. The second kappa shape index (κ2) is 13.8. The number of hydrogen-bond donors (Lipinski definition) is 3. The van der Waals surface area contributed by atoms with Gasteiger partial charge in [0.1, 0.15) is 23.9 Å². The topological polar surface area (TPSA) is 108 Å². The van der Waals surface area contributed by atoms with E-state index in [4.69, 9.17) is 4.74 Å². The van der Waals surface area contributed by atoms with Crippen molar-refractivity contribution in [2.45, 2.75) is 98.3 Å². The summed E-state index contributed by atoms with van der Waals surface area (Å²) in [6.45, 7) is 12.8. The van der Waals surface area contributed by atoms with Crippen molar-refractivity contribution in [1.82, 2.24) is 15.5 Å². The molecular formula is C26H43N3O5. The van der Waals surface area contributed by atoms with Crippen molar-refractivity contribution in [3.05, 3.63) is 29.3 Å². The molecule has 1 unspecified atom stereocenters. The first-order valence-electron chi connectivity index (χ1n) is 12.2. The van der Waals surface area contributed by atoms with Gasteiger partial charge in [0.15, 0.2) is 0 Å². The van der Waals surface area contributed by atoms with Crippen LogP contribution in [-0.2, 0) is 14.3 Å². The van der Waals surface area contributed by atoms with Crippen molar-refractivity contribution in [2.24, 2.45) is 0 Å². The number of unbranched alkanes of at least 4 members (excludes halogenated alkanes) is 4. The van der Waals surface area contributed by atoms with Crippen LogP contribution >= 0.6 is 0 Å². The molecule has 0 bridgehead atoms. The molecule has 0 aliphatic carbocycles. The molecule has 0 fully saturated rings. The van der Waals surface area contributed by atoms with E-state index in [9.17, 15) is 19.5 Å². The molecule has 8 nitrogen and oxygen atoms in total. The molecule has 0 heterocycles. The van der Waals surface area contributed by atoms with E-state index in [1.807, 2.05) is 13.8 Å². The van der Waals surface area contributed by atoms with Gasteiger partial charge in [0.05, 0.1) is 0 Å². The van der Waals surface area contributed by atoms with E-state index in [2.05, 4.69) is 17.6 Å². The van der Waals surface area contributed by atoms with Crippen LogP contribution < -0.4 is 10.6 Å². The highest BCUT2D eigenvalue weighted by molar-refractivity contribution is 5.91. The molecule has 3 amide bonds. The number of alkyl carbamates (subject to hydrolysis) is 1. The molecule has 34 heavy (non-hydrogen) atoms. The summed E-state index contributed by atoms with van der Waals surface area (Å²) < 4.78 is 5.23. The van der Waals surface area contributed by atoms with Crippen LogP contribution in [0.25, 0.3) is 0 Å². The smallest absolute Gasteiger partial charge is 0.408 e. The quantitative estimate of drug-likeness (QED) is 0.382. The molecule has 192 valence electrons. The number of carbonyl (C=O) groups is 3. The molecule has 0 radical (unpaired) electrons. The Labute approximate surface area is 204 Å². The molecule has 8 heteroatoms. The van der Waals surface area contributed by atoms with Crippen LogP contribution in [0.5, 0.6) is 5.75 Å². The number of aryl methyl sites for hydroxylation is 1. The number of amides is 3. The highest BCUT2D eigenvalue weighted by Crippen LogP contribution is 2.32. The maximum Gasteiger partial charge on any atom is 0.408 e. The summed E-state index contributed by atoms with van der Waals surface area (Å²) in [7, 11) is 0. The molecule has 1 atom stereocenters. The first-order chi connectivity index (χ1) is 15.9. The summed E-state index contributed by atoms with van der Waals surface area (Å²) in [5.41, 5.74) is 0.276. The fourth-order valence-electron chi connectivity index (χ4n) is 3.56. The maximum absolute atomic E-state index is 13.3. The van der Waals surface area contributed by atoms with Crippen molar-refractivity contribution in [3.8, 4) is 5.75 Å². The maximum atomic E-state index is 13.3. The molecule has 0 aliphatic rings. The molecule has 1 rings (SSSR count). The summed E-state index contributed by atoms with van der Waals surface area (Å²) >= 11 is 0. The first kappa shape index (κ1) is 29.3. The number of phenols is 1. The number of carbonyl (C=O) groups excluding carboxylic acids is 3. The monoisotopic (exact) mass is 477 g/mol. The van der Waals surface area contributed by atoms with Gasteiger partial charge in [-0.3, -0.25) is 9.59 Å². The first-order valence-corrected chi connectivity index (χ1v) is 12.2. The van der Waals surface area contributed by atoms with E-state index < -0.39 is 23.6 Å². The minimum atomic E-state index is -1.03. The predicted molar refractivity (Wildman–Crippen MR) is 134 cm³/mol. The van der Waals surface area contributed by atoms with Crippen molar-refractivity contribution >= 4 is 17.9 Å². The van der Waals surface area contributed by atoms with Crippen LogP contribution in [0, 0.1) is 6.92 Å². The zero-order chi connectivity index (χ0) is 25.9. The summed E-state index contributed by atoms with van der Waals surface area (Å²) in [6, 6.07) is 3.98. The zero-order valence-corrected chi connectivity index (χ0v) is 21.9. The third-order valence-corrected chi connectivity index (χ3v) is 5.16. The van der Waals surface area contributed by atoms with Crippen LogP contribution in [0.15, 0.2) is 18.2 Å². The van der Waals surface area contributed by atoms with E-state index in [-0.39, 0.29) is 24.2 Å². The third-order valence-electron chi connectivity index (χ3n) is 5.16. The van der Waals surface area contributed by atoms with Gasteiger partial charge < -0.3 is 25.4 Å². The number of phenolic OH excluding ortho intramolecular Hbond substituents is 1. The lowest BCUT2D eigenvalue weighted by Crippen LogP contribution is -2.49. The van der Waals surface area contributed by atoms with Gasteiger partial charge in [0, 0.05) is 18.2 Å². The SMILES string of the molecule is CCCCCCCN(C(=O)CNC(=O)OC(C)(C)C)C(C(=O)NC(C)C)c1cccc(C)c1O. The number of para-hydroxylation sites is 1. The van der Waals surface area contributed by atoms with E-state index >= 15 is 0 Å². The second-order valence-corrected chi connectivity index (χ2v) is 9.94. The Hall–Kier alpha value is -2.77. The Morgan fingerprint density at radius 1 is 1.09 bits per heavy atom. The predicted octanol–water partition coefficient (Wildman–Crippen LogP) is 4.59. The van der Waals surface area contributed by atoms with E-state index in [1.165, 1.54) is 4.90 Å². The Balaban J connectivity index is 3.24. The van der Waals surface area contributed by atoms with E-state index in [0.717, 1.165) is 25.7 Å². The zero-order valence-electron chi connectivity index (χ0n) is 21.9. The van der Waals surface area contributed by atoms with Gasteiger partial charge in [-0.05, 0) is 53.5 Å². The molecule has 0 aromatic heterocycles. The average Bonchev–Trinajstić information content (AvgIpc) is 2.72. The molecule has 0 saturated carbocycles. The number of hydrogen-bond acceptors (Lipinski definition) is 5. The lowest BCUT2D eigenvalue weighted by molar-refractivity contribution is -0.140. The fraction of sp³-hybridized carbons (Fsp3) is 0.654. The summed E-state index contributed by atoms with van der Waals surface area (Å²) in [4.78, 5) is 40.2. The highest BCUT2D eigenvalue weighted by Gasteiger charge is 2.34. The fourth-order valence-corrected chi connectivity index (χ4v) is 3.56. The van der Waals surface area contributed by atoms with Crippen LogP contribution in [-0.4, -0.2) is 52.6 Å². The lowest BCUT2D eigenvalue weighted by atomic mass is 9.99. The summed E-state index contributed by atoms with van der Waals surface area (Å²) in [5, 5.41) is 16.1. The largest absolute Gasteiger partial charge is 0.507 e. The van der Waals surface area contributed by atoms with Crippen LogP contribution in [0.1, 0.15) is 90.8 Å². The Bertz CT molecular complexity index is 817. The van der Waals surface area contributed by atoms with Gasteiger partial charge in [-0.2, -0.15) is 0 Å². The van der Waals surface area contributed by atoms with Crippen LogP contribution in [0.3, 0.4) is 0 Å². The van der Waals surface area contributed by atoms with Crippen molar-refractivity contribution in [2.75, 3.05) is 13.1 Å². The standard InChI is InChI=1S/C26H43N3O5/c1-8-9-10-11-12-16-29(21(30)17-27-25(33)34-26(5,6)7)22(24(32)28-18(2)3)20-15-13-14-19(4)23(20)31/h13-15,18,22,31H,8-12,16-17H2,1-7H3,(H,27,33)(H,28,32). The number of benzene rings is 1. The number of aromatic hydroxyl groups is 1. The number of nitrogens with one attached hydrogen (secondary N) is 2. The number of nitrogens with zero attached hydrogens (tertiary/aromatic N) is 1. The molecule has 1 aromatic carbocycles. The number of rotatable bonds is 12. The van der Waals surface area contributed by atoms with Gasteiger partial charge in [-0.1, -0.05) is 50.8 Å². The Kier molecular flexibility index (Phi) is 11.9. The van der Waals surface area contributed by atoms with Gasteiger partial charge in [0.2, 0.25) is 11.8 Å².